The summed E-state index contributed by atoms with van der Waals surface area (Å²) >= 11 is 0. The van der Waals surface area contributed by atoms with Crippen molar-refractivity contribution in [3.05, 3.63) is 48.5 Å². The van der Waals surface area contributed by atoms with Gasteiger partial charge in [-0.1, -0.05) is 30.3 Å². The predicted octanol–water partition coefficient (Wildman–Crippen LogP) is 3.06. The number of anilines is 1. The van der Waals surface area contributed by atoms with Gasteiger partial charge in [0.2, 0.25) is 0 Å². The first-order chi connectivity index (χ1) is 12.3. The summed E-state index contributed by atoms with van der Waals surface area (Å²) in [6, 6.07) is 14.7. The van der Waals surface area contributed by atoms with Gasteiger partial charge in [-0.05, 0) is 37.1 Å². The minimum absolute atomic E-state index is 0.0276. The van der Waals surface area contributed by atoms with E-state index in [-0.39, 0.29) is 11.5 Å². The van der Waals surface area contributed by atoms with Gasteiger partial charge in [0, 0.05) is 11.3 Å². The average molecular weight is 374 g/mol. The number of para-hydroxylation sites is 1. The van der Waals surface area contributed by atoms with Crippen LogP contribution in [0.15, 0.2) is 48.5 Å². The van der Waals surface area contributed by atoms with Crippen molar-refractivity contribution in [3.8, 4) is 16.9 Å². The monoisotopic (exact) mass is 374 g/mol. The van der Waals surface area contributed by atoms with Crippen LogP contribution in [0.1, 0.15) is 13.3 Å². The Morgan fingerprint density at radius 1 is 1.12 bits per heavy atom. The van der Waals surface area contributed by atoms with Crippen molar-refractivity contribution in [3.63, 3.8) is 0 Å². The molecule has 138 valence electrons. The molecule has 2 N–H and O–H groups in total. The second kappa shape index (κ2) is 6.99. The van der Waals surface area contributed by atoms with Crippen LogP contribution in [0.25, 0.3) is 11.1 Å². The van der Waals surface area contributed by atoms with Crippen molar-refractivity contribution in [2.24, 2.45) is 0 Å². The fraction of sp³-hybridized carbons (Fsp3) is 0.316. The summed E-state index contributed by atoms with van der Waals surface area (Å²) in [5.74, 6) is 0.860. The zero-order chi connectivity index (χ0) is 18.8. The van der Waals surface area contributed by atoms with Gasteiger partial charge in [0.05, 0.1) is 24.2 Å². The van der Waals surface area contributed by atoms with Crippen molar-refractivity contribution < 1.29 is 17.9 Å². The molecule has 6 nitrogen and oxygen atoms in total. The standard InChI is InChI=1S/C19H22N2O4S/c1-19(11-12-26(23,24)13-19)21-18(22)20-15-9-7-14(8-10-15)16-5-3-4-6-17(16)25-2/h3-10H,11-13H2,1-2H3,(H2,20,21,22). The summed E-state index contributed by atoms with van der Waals surface area (Å²) in [5, 5.41) is 5.53. The summed E-state index contributed by atoms with van der Waals surface area (Å²) in [6.07, 6.45) is 0.426. The predicted molar refractivity (Wildman–Crippen MR) is 102 cm³/mol. The van der Waals surface area contributed by atoms with E-state index < -0.39 is 21.4 Å². The van der Waals surface area contributed by atoms with E-state index in [2.05, 4.69) is 10.6 Å². The van der Waals surface area contributed by atoms with Gasteiger partial charge in [0.15, 0.2) is 9.84 Å². The molecule has 0 radical (unpaired) electrons. The third kappa shape index (κ3) is 4.16. The highest BCUT2D eigenvalue weighted by atomic mass is 32.2. The lowest BCUT2D eigenvalue weighted by Crippen LogP contribution is -2.48. The van der Waals surface area contributed by atoms with E-state index in [0.717, 1.165) is 16.9 Å². The number of urea groups is 1. The minimum Gasteiger partial charge on any atom is -0.496 e. The third-order valence-corrected chi connectivity index (χ3v) is 6.38. The number of hydrogen-bond donors (Lipinski definition) is 2. The summed E-state index contributed by atoms with van der Waals surface area (Å²) in [5.41, 5.74) is 1.85. The number of rotatable bonds is 4. The Kier molecular flexibility index (Phi) is 4.91. The molecule has 1 fully saturated rings. The first kappa shape index (κ1) is 18.3. The van der Waals surface area contributed by atoms with Crippen LogP contribution in [0, 0.1) is 0 Å². The van der Waals surface area contributed by atoms with Gasteiger partial charge >= 0.3 is 6.03 Å². The Bertz CT molecular complexity index is 909. The molecule has 0 spiro atoms. The SMILES string of the molecule is COc1ccccc1-c1ccc(NC(=O)NC2(C)CCS(=O)(=O)C2)cc1. The summed E-state index contributed by atoms with van der Waals surface area (Å²) in [7, 11) is -1.44. The number of ether oxygens (including phenoxy) is 1. The molecule has 2 aromatic rings. The van der Waals surface area contributed by atoms with Crippen LogP contribution in [0.3, 0.4) is 0 Å². The number of hydrogen-bond acceptors (Lipinski definition) is 4. The lowest BCUT2D eigenvalue weighted by Gasteiger charge is -2.24. The molecule has 0 aromatic heterocycles. The summed E-state index contributed by atoms with van der Waals surface area (Å²) < 4.78 is 28.6. The molecule has 1 unspecified atom stereocenters. The van der Waals surface area contributed by atoms with Crippen molar-refractivity contribution >= 4 is 21.6 Å². The van der Waals surface area contributed by atoms with Gasteiger partial charge in [0.25, 0.3) is 0 Å². The Hall–Kier alpha value is -2.54. The van der Waals surface area contributed by atoms with Gasteiger partial charge in [-0.3, -0.25) is 0 Å². The largest absolute Gasteiger partial charge is 0.496 e. The summed E-state index contributed by atoms with van der Waals surface area (Å²) in [6.45, 7) is 1.75. The Labute approximate surface area is 153 Å². The smallest absolute Gasteiger partial charge is 0.319 e. The van der Waals surface area contributed by atoms with Crippen molar-refractivity contribution in [1.29, 1.82) is 0 Å². The lowest BCUT2D eigenvalue weighted by atomic mass is 10.0. The molecule has 1 saturated heterocycles. The molecule has 1 aliphatic heterocycles. The number of methoxy groups -OCH3 is 1. The van der Waals surface area contributed by atoms with E-state index in [0.29, 0.717) is 12.1 Å². The van der Waals surface area contributed by atoms with E-state index in [1.54, 1.807) is 26.2 Å². The maximum Gasteiger partial charge on any atom is 0.319 e. The van der Waals surface area contributed by atoms with Crippen molar-refractivity contribution in [2.45, 2.75) is 18.9 Å². The van der Waals surface area contributed by atoms with Gasteiger partial charge in [-0.15, -0.1) is 0 Å². The van der Waals surface area contributed by atoms with E-state index >= 15 is 0 Å². The maximum absolute atomic E-state index is 12.2. The van der Waals surface area contributed by atoms with E-state index in [1.165, 1.54) is 0 Å². The Morgan fingerprint density at radius 2 is 1.81 bits per heavy atom. The number of benzene rings is 2. The molecule has 26 heavy (non-hydrogen) atoms. The number of amides is 2. The zero-order valence-electron chi connectivity index (χ0n) is 14.8. The fourth-order valence-electron chi connectivity index (χ4n) is 3.16. The molecule has 7 heteroatoms. The number of carbonyl (C=O) groups is 1. The van der Waals surface area contributed by atoms with Crippen molar-refractivity contribution in [2.75, 3.05) is 23.9 Å². The highest BCUT2D eigenvalue weighted by Gasteiger charge is 2.39. The highest BCUT2D eigenvalue weighted by Crippen LogP contribution is 2.30. The van der Waals surface area contributed by atoms with E-state index in [9.17, 15) is 13.2 Å². The molecule has 2 amide bonds. The minimum atomic E-state index is -3.07. The zero-order valence-corrected chi connectivity index (χ0v) is 15.6. The molecule has 1 heterocycles. The molecular formula is C19H22N2O4S. The third-order valence-electron chi connectivity index (χ3n) is 4.48. The lowest BCUT2D eigenvalue weighted by molar-refractivity contribution is 0.242. The Morgan fingerprint density at radius 3 is 2.42 bits per heavy atom. The van der Waals surface area contributed by atoms with Gasteiger partial charge in [-0.25, -0.2) is 13.2 Å². The van der Waals surface area contributed by atoms with Crippen LogP contribution in [-0.2, 0) is 9.84 Å². The molecule has 0 saturated carbocycles. The maximum atomic E-state index is 12.2. The van der Waals surface area contributed by atoms with Crippen LogP contribution < -0.4 is 15.4 Å². The molecular weight excluding hydrogens is 352 g/mol. The number of sulfone groups is 1. The van der Waals surface area contributed by atoms with Gasteiger partial charge in [-0.2, -0.15) is 0 Å². The summed E-state index contributed by atoms with van der Waals surface area (Å²) in [4.78, 5) is 12.2. The number of nitrogens with one attached hydrogen (secondary N) is 2. The van der Waals surface area contributed by atoms with Crippen molar-refractivity contribution in [1.82, 2.24) is 5.32 Å². The van der Waals surface area contributed by atoms with Crippen LogP contribution >= 0.6 is 0 Å². The average Bonchev–Trinajstić information content (AvgIpc) is 2.88. The number of carbonyl (C=O) groups excluding carboxylic acids is 1. The van der Waals surface area contributed by atoms with Crippen LogP contribution in [0.4, 0.5) is 10.5 Å². The highest BCUT2D eigenvalue weighted by molar-refractivity contribution is 7.91. The Balaban J connectivity index is 1.67. The van der Waals surface area contributed by atoms with Crippen LogP contribution in [-0.4, -0.2) is 38.6 Å². The van der Waals surface area contributed by atoms with Gasteiger partial charge in [0.1, 0.15) is 5.75 Å². The fourth-order valence-corrected chi connectivity index (χ4v) is 5.25. The molecule has 1 atom stereocenters. The molecule has 2 aromatic carbocycles. The first-order valence-corrected chi connectivity index (χ1v) is 10.2. The first-order valence-electron chi connectivity index (χ1n) is 8.33. The second-order valence-electron chi connectivity index (χ2n) is 6.76. The van der Waals surface area contributed by atoms with Crippen LogP contribution in [0.5, 0.6) is 5.75 Å². The van der Waals surface area contributed by atoms with E-state index in [4.69, 9.17) is 4.74 Å². The molecule has 0 bridgehead atoms. The van der Waals surface area contributed by atoms with Gasteiger partial charge < -0.3 is 15.4 Å². The second-order valence-corrected chi connectivity index (χ2v) is 8.94. The normalized spacial score (nSPS) is 21.2. The topological polar surface area (TPSA) is 84.5 Å². The quantitative estimate of drug-likeness (QED) is 0.861. The van der Waals surface area contributed by atoms with E-state index in [1.807, 2.05) is 36.4 Å². The molecule has 1 aliphatic rings. The van der Waals surface area contributed by atoms with Crippen LogP contribution in [0.2, 0.25) is 0 Å². The molecule has 3 rings (SSSR count). The molecule has 0 aliphatic carbocycles.